The van der Waals surface area contributed by atoms with Gasteiger partial charge in [0.05, 0.1) is 24.5 Å². The molecule has 0 aliphatic carbocycles. The van der Waals surface area contributed by atoms with Crippen molar-refractivity contribution in [3.8, 4) is 0 Å². The van der Waals surface area contributed by atoms with Gasteiger partial charge in [-0.1, -0.05) is 36.4 Å². The Labute approximate surface area is 171 Å². The van der Waals surface area contributed by atoms with Crippen molar-refractivity contribution in [3.63, 3.8) is 0 Å². The van der Waals surface area contributed by atoms with Crippen molar-refractivity contribution < 1.29 is 17.6 Å². The number of carbonyl (C=O) groups is 1. The number of amides is 1. The zero-order valence-electron chi connectivity index (χ0n) is 15.0. The zero-order valence-corrected chi connectivity index (χ0v) is 16.6. The molecule has 2 aromatic heterocycles. The lowest BCUT2D eigenvalue weighted by molar-refractivity contribution is -0.123. The van der Waals surface area contributed by atoms with E-state index in [0.29, 0.717) is 16.8 Å². The molecule has 0 aliphatic rings. The van der Waals surface area contributed by atoms with Crippen molar-refractivity contribution in [2.45, 2.75) is 17.5 Å². The maximum absolute atomic E-state index is 13.1. The highest BCUT2D eigenvalue weighted by Crippen LogP contribution is 2.23. The molecule has 2 heterocycles. The Bertz CT molecular complexity index is 1220. The molecule has 0 radical (unpaired) electrons. The molecule has 2 N–H and O–H groups in total. The van der Waals surface area contributed by atoms with E-state index in [2.05, 4.69) is 18.8 Å². The molecule has 1 atom stereocenters. The lowest BCUT2D eigenvalue weighted by Gasteiger charge is -2.19. The Morgan fingerprint density at radius 3 is 2.62 bits per heavy atom. The molecule has 0 saturated carbocycles. The molecule has 4 aromatic rings. The van der Waals surface area contributed by atoms with Gasteiger partial charge in [-0.2, -0.15) is 13.5 Å². The van der Waals surface area contributed by atoms with Crippen LogP contribution in [0.15, 0.2) is 76.2 Å². The minimum absolute atomic E-state index is 0.0245. The average molecular weight is 428 g/mol. The molecule has 0 bridgehead atoms. The Kier molecular flexibility index (Phi) is 5.38. The summed E-state index contributed by atoms with van der Waals surface area (Å²) in [5, 5.41) is 2.70. The van der Waals surface area contributed by atoms with Gasteiger partial charge in [0.1, 0.15) is 27.7 Å². The van der Waals surface area contributed by atoms with E-state index in [-0.39, 0.29) is 17.0 Å². The number of carbonyl (C=O) groups excluding carboxylic acids is 1. The monoisotopic (exact) mass is 428 g/mol. The van der Waals surface area contributed by atoms with E-state index in [0.717, 1.165) is 11.7 Å². The fourth-order valence-electron chi connectivity index (χ4n) is 2.82. The Morgan fingerprint density at radius 1 is 1.03 bits per heavy atom. The molecule has 2 aromatic carbocycles. The molecule has 0 fully saturated rings. The Balaban J connectivity index is 1.64. The van der Waals surface area contributed by atoms with Gasteiger partial charge >= 0.3 is 0 Å². The van der Waals surface area contributed by atoms with E-state index in [1.807, 2.05) is 0 Å². The number of sulfonamides is 1. The largest absolute Gasteiger partial charge is 0.467 e. The summed E-state index contributed by atoms with van der Waals surface area (Å²) in [7, 11) is -4.05. The summed E-state index contributed by atoms with van der Waals surface area (Å²) < 4.78 is 42.1. The molecule has 29 heavy (non-hydrogen) atoms. The average Bonchev–Trinajstić information content (AvgIpc) is 3.42. The summed E-state index contributed by atoms with van der Waals surface area (Å²) >= 11 is 0.929. The smallest absolute Gasteiger partial charge is 0.243 e. The zero-order chi connectivity index (χ0) is 20.3. The second kappa shape index (κ2) is 8.11. The molecule has 4 rings (SSSR count). The molecule has 0 aliphatic heterocycles. The molecule has 148 valence electrons. The van der Waals surface area contributed by atoms with Crippen LogP contribution in [0.3, 0.4) is 0 Å². The number of furan rings is 1. The van der Waals surface area contributed by atoms with Crippen molar-refractivity contribution in [2.75, 3.05) is 0 Å². The molecule has 10 heteroatoms. The highest BCUT2D eigenvalue weighted by molar-refractivity contribution is 7.89. The fourth-order valence-corrected chi connectivity index (χ4v) is 4.78. The molecular weight excluding hydrogens is 412 g/mol. The summed E-state index contributed by atoms with van der Waals surface area (Å²) in [5.41, 5.74) is 1.26. The van der Waals surface area contributed by atoms with Crippen LogP contribution in [0.4, 0.5) is 0 Å². The molecule has 1 amide bonds. The van der Waals surface area contributed by atoms with E-state index in [4.69, 9.17) is 4.42 Å². The first-order chi connectivity index (χ1) is 14.0. The topological polar surface area (TPSA) is 114 Å². The number of nitrogens with one attached hydrogen (secondary N) is 2. The summed E-state index contributed by atoms with van der Waals surface area (Å²) in [6.07, 6.45) is 1.50. The minimum atomic E-state index is -4.05. The van der Waals surface area contributed by atoms with Gasteiger partial charge in [0.2, 0.25) is 15.9 Å². The molecule has 0 saturated heterocycles. The fraction of sp³-hybridized carbons (Fsp3) is 0.105. The Hall–Kier alpha value is -3.08. The second-order valence-corrected chi connectivity index (χ2v) is 8.36. The van der Waals surface area contributed by atoms with Crippen LogP contribution >= 0.6 is 11.7 Å². The molecule has 8 nitrogen and oxygen atoms in total. The van der Waals surface area contributed by atoms with Gasteiger partial charge in [0, 0.05) is 0 Å². The predicted octanol–water partition coefficient (Wildman–Crippen LogP) is 2.62. The second-order valence-electron chi connectivity index (χ2n) is 6.15. The number of hydrogen-bond donors (Lipinski definition) is 2. The van der Waals surface area contributed by atoms with Crippen LogP contribution in [0.5, 0.6) is 0 Å². The number of nitrogens with zero attached hydrogens (tertiary/aromatic N) is 2. The van der Waals surface area contributed by atoms with Gasteiger partial charge in [-0.25, -0.2) is 8.42 Å². The first kappa shape index (κ1) is 19.2. The lowest BCUT2D eigenvalue weighted by atomic mass is 10.1. The van der Waals surface area contributed by atoms with Crippen LogP contribution in [0.1, 0.15) is 17.4 Å². The third kappa shape index (κ3) is 4.19. The van der Waals surface area contributed by atoms with Gasteiger partial charge < -0.3 is 9.73 Å². The number of aromatic nitrogens is 2. The van der Waals surface area contributed by atoms with Crippen LogP contribution in [-0.2, 0) is 21.4 Å². The maximum Gasteiger partial charge on any atom is 0.243 e. The summed E-state index contributed by atoms with van der Waals surface area (Å²) in [6.45, 7) is 0.141. The standard InChI is InChI=1S/C19H16N4O4S2/c24-19(20-12-14-8-5-11-27-14)17(13-6-2-1-3-7-13)23-29(25,26)16-10-4-9-15-18(16)22-28-21-15/h1-11,17,23H,12H2,(H,20,24)/t17-/m0/s1. The Morgan fingerprint density at radius 2 is 1.86 bits per heavy atom. The first-order valence-corrected chi connectivity index (χ1v) is 10.8. The number of benzene rings is 2. The lowest BCUT2D eigenvalue weighted by Crippen LogP contribution is -2.40. The van der Waals surface area contributed by atoms with E-state index in [1.165, 1.54) is 12.3 Å². The van der Waals surface area contributed by atoms with Crippen LogP contribution in [0.25, 0.3) is 11.0 Å². The van der Waals surface area contributed by atoms with E-state index >= 15 is 0 Å². The SMILES string of the molecule is O=C(NCc1ccco1)[C@@H](NS(=O)(=O)c1cccc2nsnc12)c1ccccc1. The molecular formula is C19H16N4O4S2. The normalized spacial score (nSPS) is 12.7. The van der Waals surface area contributed by atoms with Crippen molar-refractivity contribution in [3.05, 3.63) is 78.3 Å². The van der Waals surface area contributed by atoms with E-state index < -0.39 is 22.0 Å². The van der Waals surface area contributed by atoms with Crippen molar-refractivity contribution in [1.29, 1.82) is 0 Å². The third-order valence-corrected chi connectivity index (χ3v) is 6.22. The van der Waals surface area contributed by atoms with Crippen LogP contribution in [0, 0.1) is 0 Å². The van der Waals surface area contributed by atoms with Crippen molar-refractivity contribution >= 4 is 38.7 Å². The summed E-state index contributed by atoms with van der Waals surface area (Å²) in [5.74, 6) is 0.0612. The predicted molar refractivity (Wildman–Crippen MR) is 107 cm³/mol. The highest BCUT2D eigenvalue weighted by atomic mass is 32.2. The van der Waals surface area contributed by atoms with Crippen molar-refractivity contribution in [1.82, 2.24) is 18.8 Å². The third-order valence-electron chi connectivity index (χ3n) is 4.22. The van der Waals surface area contributed by atoms with Gasteiger partial charge in [0.15, 0.2) is 0 Å². The quantitative estimate of drug-likeness (QED) is 0.468. The van der Waals surface area contributed by atoms with E-state index in [9.17, 15) is 13.2 Å². The van der Waals surface area contributed by atoms with Crippen LogP contribution < -0.4 is 10.0 Å². The number of fused-ring (bicyclic) bond motifs is 1. The molecule has 0 unspecified atom stereocenters. The number of hydrogen-bond acceptors (Lipinski definition) is 7. The van der Waals surface area contributed by atoms with Gasteiger partial charge in [0.25, 0.3) is 0 Å². The van der Waals surface area contributed by atoms with Gasteiger partial charge in [-0.3, -0.25) is 4.79 Å². The van der Waals surface area contributed by atoms with Crippen molar-refractivity contribution in [2.24, 2.45) is 0 Å². The first-order valence-electron chi connectivity index (χ1n) is 8.63. The van der Waals surface area contributed by atoms with Gasteiger partial charge in [-0.05, 0) is 29.8 Å². The number of rotatable bonds is 7. The highest BCUT2D eigenvalue weighted by Gasteiger charge is 2.29. The maximum atomic E-state index is 13.1. The van der Waals surface area contributed by atoms with Crippen LogP contribution in [0.2, 0.25) is 0 Å². The summed E-state index contributed by atoms with van der Waals surface area (Å²) in [4.78, 5) is 12.8. The van der Waals surface area contributed by atoms with Crippen LogP contribution in [-0.4, -0.2) is 23.1 Å². The molecule has 0 spiro atoms. The van der Waals surface area contributed by atoms with E-state index in [1.54, 1.807) is 54.6 Å². The summed E-state index contributed by atoms with van der Waals surface area (Å²) in [6, 6.07) is 15.7. The minimum Gasteiger partial charge on any atom is -0.467 e. The van der Waals surface area contributed by atoms with Gasteiger partial charge in [-0.15, -0.1) is 0 Å².